The Hall–Kier alpha value is -3.61. The Labute approximate surface area is 171 Å². The van der Waals surface area contributed by atoms with Crippen molar-refractivity contribution in [1.29, 1.82) is 0 Å². The lowest BCUT2D eigenvalue weighted by Gasteiger charge is -2.11. The molecule has 4 nitrogen and oxygen atoms in total. The van der Waals surface area contributed by atoms with Crippen molar-refractivity contribution in [3.8, 4) is 16.9 Å². The summed E-state index contributed by atoms with van der Waals surface area (Å²) in [5.74, 6) is -2.78. The summed E-state index contributed by atoms with van der Waals surface area (Å²) in [6.07, 6.45) is 5.61. The van der Waals surface area contributed by atoms with Crippen LogP contribution in [-0.4, -0.2) is 23.5 Å². The lowest BCUT2D eigenvalue weighted by atomic mass is 10.0. The van der Waals surface area contributed by atoms with Crippen LogP contribution in [0, 0.1) is 17.5 Å². The van der Waals surface area contributed by atoms with E-state index in [2.05, 4.69) is 10.3 Å². The van der Waals surface area contributed by atoms with E-state index in [4.69, 9.17) is 4.74 Å². The number of hydrogen-bond acceptors (Lipinski definition) is 3. The molecule has 1 amide bonds. The summed E-state index contributed by atoms with van der Waals surface area (Å²) < 4.78 is 46.9. The first-order valence-electron chi connectivity index (χ1n) is 9.30. The van der Waals surface area contributed by atoms with Gasteiger partial charge in [0.05, 0.1) is 6.54 Å². The normalized spacial score (nSPS) is 15.1. The summed E-state index contributed by atoms with van der Waals surface area (Å²) >= 11 is 0. The molecule has 1 aliphatic rings. The number of fused-ring (bicyclic) bond motifs is 1. The number of benzene rings is 2. The topological polar surface area (TPSA) is 51.2 Å². The quantitative estimate of drug-likeness (QED) is 0.638. The SMILES string of the molecule is O=C(C=Cc1cccc(F)c1F)NCC1Cc2cc(-c3cccnc3)cc(F)c2O1. The largest absolute Gasteiger partial charge is 0.485 e. The summed E-state index contributed by atoms with van der Waals surface area (Å²) in [6.45, 7) is 0.144. The average molecular weight is 410 g/mol. The van der Waals surface area contributed by atoms with Crippen LogP contribution in [0.15, 0.2) is 60.9 Å². The van der Waals surface area contributed by atoms with Crippen LogP contribution in [-0.2, 0) is 11.2 Å². The molecule has 1 unspecified atom stereocenters. The van der Waals surface area contributed by atoms with E-state index < -0.39 is 29.5 Å². The molecule has 1 aliphatic heterocycles. The number of rotatable bonds is 5. The number of nitrogens with one attached hydrogen (secondary N) is 1. The van der Waals surface area contributed by atoms with E-state index in [9.17, 15) is 18.0 Å². The molecule has 7 heteroatoms. The van der Waals surface area contributed by atoms with Gasteiger partial charge in [-0.25, -0.2) is 13.2 Å². The molecule has 1 aromatic heterocycles. The minimum atomic E-state index is -1.02. The maximum Gasteiger partial charge on any atom is 0.244 e. The van der Waals surface area contributed by atoms with Gasteiger partial charge in [0, 0.05) is 41.6 Å². The number of halogens is 3. The maximum atomic E-state index is 14.5. The number of carbonyl (C=O) groups is 1. The average Bonchev–Trinajstić information content (AvgIpc) is 3.18. The van der Waals surface area contributed by atoms with Crippen LogP contribution in [0.1, 0.15) is 11.1 Å². The minimum absolute atomic E-state index is 0.0281. The highest BCUT2D eigenvalue weighted by molar-refractivity contribution is 5.91. The van der Waals surface area contributed by atoms with Crippen LogP contribution in [0.2, 0.25) is 0 Å². The molecule has 0 fully saturated rings. The Morgan fingerprint density at radius 1 is 1.13 bits per heavy atom. The van der Waals surface area contributed by atoms with E-state index in [0.717, 1.165) is 17.7 Å². The summed E-state index contributed by atoms with van der Waals surface area (Å²) in [7, 11) is 0. The predicted octanol–water partition coefficient (Wildman–Crippen LogP) is 4.30. The van der Waals surface area contributed by atoms with Crippen LogP contribution in [0.3, 0.4) is 0 Å². The molecular weight excluding hydrogens is 393 g/mol. The Morgan fingerprint density at radius 3 is 2.80 bits per heavy atom. The van der Waals surface area contributed by atoms with Crippen molar-refractivity contribution < 1.29 is 22.7 Å². The number of carbonyl (C=O) groups excluding carboxylic acids is 1. The summed E-state index contributed by atoms with van der Waals surface area (Å²) in [5.41, 5.74) is 2.18. The molecule has 2 aromatic carbocycles. The maximum absolute atomic E-state index is 14.5. The second-order valence-electron chi connectivity index (χ2n) is 6.85. The lowest BCUT2D eigenvalue weighted by molar-refractivity contribution is -0.116. The molecule has 1 N–H and O–H groups in total. The third-order valence-electron chi connectivity index (χ3n) is 4.75. The van der Waals surface area contributed by atoms with Gasteiger partial charge in [-0.3, -0.25) is 9.78 Å². The zero-order valence-corrected chi connectivity index (χ0v) is 15.7. The molecule has 2 heterocycles. The Kier molecular flexibility index (Phi) is 5.52. The second kappa shape index (κ2) is 8.41. The van der Waals surface area contributed by atoms with Crippen molar-refractivity contribution in [2.75, 3.05) is 6.54 Å². The smallest absolute Gasteiger partial charge is 0.244 e. The first-order valence-corrected chi connectivity index (χ1v) is 9.30. The van der Waals surface area contributed by atoms with Crippen molar-refractivity contribution in [3.63, 3.8) is 0 Å². The molecule has 0 radical (unpaired) electrons. The van der Waals surface area contributed by atoms with E-state index in [1.54, 1.807) is 18.5 Å². The van der Waals surface area contributed by atoms with Gasteiger partial charge in [-0.2, -0.15) is 0 Å². The zero-order valence-electron chi connectivity index (χ0n) is 15.7. The van der Waals surface area contributed by atoms with E-state index in [0.29, 0.717) is 17.5 Å². The number of amides is 1. The van der Waals surface area contributed by atoms with Gasteiger partial charge in [0.1, 0.15) is 6.10 Å². The molecule has 0 saturated carbocycles. The molecule has 1 atom stereocenters. The fraction of sp³-hybridized carbons (Fsp3) is 0.130. The standard InChI is InChI=1S/C23H17F3N2O2/c24-19-5-1-3-14(22(19)26)6-7-21(29)28-13-18-10-17-9-16(11-20(25)23(17)30-18)15-4-2-8-27-12-15/h1-9,11-12,18H,10,13H2,(H,28,29). The van der Waals surface area contributed by atoms with Gasteiger partial charge in [-0.05, 0) is 35.9 Å². The first kappa shape index (κ1) is 19.7. The molecule has 0 spiro atoms. The van der Waals surface area contributed by atoms with Crippen molar-refractivity contribution in [1.82, 2.24) is 10.3 Å². The van der Waals surface area contributed by atoms with E-state index >= 15 is 0 Å². The van der Waals surface area contributed by atoms with Crippen molar-refractivity contribution in [3.05, 3.63) is 89.5 Å². The number of aromatic nitrogens is 1. The number of pyridine rings is 1. The highest BCUT2D eigenvalue weighted by atomic mass is 19.2. The van der Waals surface area contributed by atoms with E-state index in [-0.39, 0.29) is 17.9 Å². The van der Waals surface area contributed by atoms with Crippen molar-refractivity contribution >= 4 is 12.0 Å². The molecule has 4 rings (SSSR count). The van der Waals surface area contributed by atoms with Gasteiger partial charge >= 0.3 is 0 Å². The number of hydrogen-bond donors (Lipinski definition) is 1. The molecule has 0 saturated heterocycles. The number of nitrogens with zero attached hydrogens (tertiary/aromatic N) is 1. The van der Waals surface area contributed by atoms with Crippen LogP contribution in [0.4, 0.5) is 13.2 Å². The summed E-state index contributed by atoms with van der Waals surface area (Å²) in [4.78, 5) is 16.0. The molecule has 0 aliphatic carbocycles. The Morgan fingerprint density at radius 2 is 2.00 bits per heavy atom. The predicted molar refractivity (Wildman–Crippen MR) is 106 cm³/mol. The first-order chi connectivity index (χ1) is 14.5. The van der Waals surface area contributed by atoms with Crippen molar-refractivity contribution in [2.24, 2.45) is 0 Å². The highest BCUT2D eigenvalue weighted by Gasteiger charge is 2.27. The molecule has 30 heavy (non-hydrogen) atoms. The van der Waals surface area contributed by atoms with E-state index in [1.807, 2.05) is 12.1 Å². The second-order valence-corrected chi connectivity index (χ2v) is 6.85. The fourth-order valence-electron chi connectivity index (χ4n) is 3.29. The van der Waals surface area contributed by atoms with Gasteiger partial charge in [-0.15, -0.1) is 0 Å². The summed E-state index contributed by atoms with van der Waals surface area (Å²) in [6, 6.07) is 10.6. The van der Waals surface area contributed by atoms with Crippen LogP contribution in [0.25, 0.3) is 17.2 Å². The minimum Gasteiger partial charge on any atom is -0.485 e. The lowest BCUT2D eigenvalue weighted by Crippen LogP contribution is -2.33. The highest BCUT2D eigenvalue weighted by Crippen LogP contribution is 2.35. The molecule has 152 valence electrons. The number of ether oxygens (including phenoxy) is 1. The van der Waals surface area contributed by atoms with Gasteiger partial charge in [0.2, 0.25) is 5.91 Å². The molecule has 0 bridgehead atoms. The third-order valence-corrected chi connectivity index (χ3v) is 4.75. The molecular formula is C23H17F3N2O2. The zero-order chi connectivity index (χ0) is 21.1. The van der Waals surface area contributed by atoms with Gasteiger partial charge < -0.3 is 10.1 Å². The monoisotopic (exact) mass is 410 g/mol. The van der Waals surface area contributed by atoms with Gasteiger partial charge in [-0.1, -0.05) is 18.2 Å². The fourth-order valence-corrected chi connectivity index (χ4v) is 3.29. The molecule has 3 aromatic rings. The van der Waals surface area contributed by atoms with Crippen LogP contribution < -0.4 is 10.1 Å². The van der Waals surface area contributed by atoms with Gasteiger partial charge in [0.25, 0.3) is 0 Å². The summed E-state index contributed by atoms with van der Waals surface area (Å²) in [5, 5.41) is 2.63. The Balaban J connectivity index is 1.38. The van der Waals surface area contributed by atoms with Crippen molar-refractivity contribution in [2.45, 2.75) is 12.5 Å². The third kappa shape index (κ3) is 4.20. The van der Waals surface area contributed by atoms with Crippen LogP contribution >= 0.6 is 0 Å². The van der Waals surface area contributed by atoms with Crippen LogP contribution in [0.5, 0.6) is 5.75 Å². The Bertz CT molecular complexity index is 1120. The van der Waals surface area contributed by atoms with E-state index in [1.165, 1.54) is 24.3 Å². The van der Waals surface area contributed by atoms with Gasteiger partial charge in [0.15, 0.2) is 23.2 Å².